The third kappa shape index (κ3) is 6.20. The molecule has 0 radical (unpaired) electrons. The van der Waals surface area contributed by atoms with Crippen LogP contribution in [0.25, 0.3) is 10.9 Å². The maximum Gasteiger partial charge on any atom is 0.248 e. The summed E-state index contributed by atoms with van der Waals surface area (Å²) in [5.41, 5.74) is 1.78. The zero-order chi connectivity index (χ0) is 29.5. The molecule has 1 aliphatic carbocycles. The maximum absolute atomic E-state index is 13.7. The Bertz CT molecular complexity index is 1540. The van der Waals surface area contributed by atoms with Gasteiger partial charge in [0.25, 0.3) is 0 Å². The van der Waals surface area contributed by atoms with Gasteiger partial charge in [-0.3, -0.25) is 9.69 Å². The number of likely N-dealkylation sites (tertiary alicyclic amines) is 1. The highest BCUT2D eigenvalue weighted by molar-refractivity contribution is 6.31. The molecule has 3 aromatic rings. The fourth-order valence-corrected chi connectivity index (χ4v) is 7.21. The van der Waals surface area contributed by atoms with Gasteiger partial charge in [-0.15, -0.1) is 0 Å². The third-order valence-electron chi connectivity index (χ3n) is 9.35. The Morgan fingerprint density at radius 2 is 2.05 bits per heavy atom. The Labute approximate surface area is 255 Å². The molecule has 11 heteroatoms. The lowest BCUT2D eigenvalue weighted by molar-refractivity contribution is -0.112. The number of anilines is 3. The summed E-state index contributed by atoms with van der Waals surface area (Å²) in [5, 5.41) is 6.92. The first-order chi connectivity index (χ1) is 20.9. The Balaban J connectivity index is 1.09. The standard InChI is InChI=1S/C32H36ClFN6O3/c1-39-15-24-22(25(24)16-39)8-10-42-30-13-28-23(32(36-18-35-28)37-19-4-7-27(34)26(33)11-19)12-29(30)38-31(41)3-2-9-40-14-21-6-5-20(40)17-43-21/h2-4,7,11-13,18,20-22,24-25H,5-6,8-10,14-17H2,1H3,(H,38,41)(H,35,36,37)/b3-2+/t20?,21?,22?,24-,25?/m1/s1. The van der Waals surface area contributed by atoms with E-state index in [0.717, 1.165) is 57.3 Å². The van der Waals surface area contributed by atoms with E-state index in [9.17, 15) is 9.18 Å². The smallest absolute Gasteiger partial charge is 0.248 e. The quantitative estimate of drug-likeness (QED) is 0.308. The van der Waals surface area contributed by atoms with Crippen molar-refractivity contribution in [3.8, 4) is 5.75 Å². The molecular formula is C32H36ClFN6O3. The zero-order valence-electron chi connectivity index (χ0n) is 24.1. The van der Waals surface area contributed by atoms with Crippen molar-refractivity contribution in [3.05, 3.63) is 59.7 Å². The number of nitrogens with zero attached hydrogens (tertiary/aromatic N) is 4. The van der Waals surface area contributed by atoms with E-state index in [0.29, 0.717) is 65.1 Å². The first-order valence-electron chi connectivity index (χ1n) is 15.1. The molecule has 4 aliphatic heterocycles. The molecule has 2 aromatic carbocycles. The van der Waals surface area contributed by atoms with Crippen molar-refractivity contribution in [1.82, 2.24) is 19.8 Å². The highest BCUT2D eigenvalue weighted by Crippen LogP contribution is 2.53. The van der Waals surface area contributed by atoms with Crippen LogP contribution in [0.2, 0.25) is 5.02 Å². The normalized spacial score (nSPS) is 26.6. The van der Waals surface area contributed by atoms with E-state index in [4.69, 9.17) is 21.1 Å². The lowest BCUT2D eigenvalue weighted by Crippen LogP contribution is -2.54. The van der Waals surface area contributed by atoms with Crippen molar-refractivity contribution in [3.63, 3.8) is 0 Å². The molecule has 43 heavy (non-hydrogen) atoms. The summed E-state index contributed by atoms with van der Waals surface area (Å²) in [5.74, 6) is 2.59. The molecule has 1 amide bonds. The first kappa shape index (κ1) is 28.5. The molecule has 5 atom stereocenters. The average molecular weight is 607 g/mol. The Morgan fingerprint density at radius 3 is 2.79 bits per heavy atom. The number of aromatic nitrogens is 2. The first-order valence-corrected chi connectivity index (χ1v) is 15.4. The molecule has 4 unspecified atom stereocenters. The number of benzene rings is 2. The molecule has 1 saturated carbocycles. The second kappa shape index (κ2) is 12.0. The predicted octanol–water partition coefficient (Wildman–Crippen LogP) is 5.10. The van der Waals surface area contributed by atoms with Crippen LogP contribution in [0.3, 0.4) is 0 Å². The second-order valence-electron chi connectivity index (χ2n) is 12.2. The number of rotatable bonds is 10. The van der Waals surface area contributed by atoms with Gasteiger partial charge >= 0.3 is 0 Å². The van der Waals surface area contributed by atoms with Crippen LogP contribution >= 0.6 is 11.6 Å². The van der Waals surface area contributed by atoms with Gasteiger partial charge < -0.3 is 25.0 Å². The van der Waals surface area contributed by atoms with Gasteiger partial charge in [0, 0.05) is 55.4 Å². The van der Waals surface area contributed by atoms with Crippen molar-refractivity contribution < 1.29 is 18.7 Å². The maximum atomic E-state index is 13.7. The molecule has 4 saturated heterocycles. The highest BCUT2D eigenvalue weighted by atomic mass is 35.5. The van der Waals surface area contributed by atoms with Gasteiger partial charge in [0.2, 0.25) is 5.91 Å². The molecule has 5 aliphatic rings. The van der Waals surface area contributed by atoms with Crippen LogP contribution in [0.1, 0.15) is 19.3 Å². The Hall–Kier alpha value is -3.31. The fraction of sp³-hybridized carbons (Fsp3) is 0.469. The number of carbonyl (C=O) groups is 1. The van der Waals surface area contributed by atoms with Crippen LogP contribution in [-0.2, 0) is 9.53 Å². The third-order valence-corrected chi connectivity index (χ3v) is 9.64. The van der Waals surface area contributed by atoms with Crippen molar-refractivity contribution in [2.45, 2.75) is 31.4 Å². The van der Waals surface area contributed by atoms with E-state index in [2.05, 4.69) is 37.4 Å². The van der Waals surface area contributed by atoms with Crippen LogP contribution < -0.4 is 15.4 Å². The van der Waals surface area contributed by atoms with E-state index in [1.54, 1.807) is 12.1 Å². The largest absolute Gasteiger partial charge is 0.491 e. The van der Waals surface area contributed by atoms with Crippen LogP contribution in [0, 0.1) is 23.6 Å². The summed E-state index contributed by atoms with van der Waals surface area (Å²) in [6.45, 7) is 5.28. The predicted molar refractivity (Wildman–Crippen MR) is 164 cm³/mol. The lowest BCUT2D eigenvalue weighted by Gasteiger charge is -2.44. The number of morpholine rings is 1. The number of hydrogen-bond acceptors (Lipinski definition) is 8. The molecule has 5 fully saturated rings. The molecule has 226 valence electrons. The molecule has 0 spiro atoms. The van der Waals surface area contributed by atoms with Crippen LogP contribution in [0.15, 0.2) is 48.8 Å². The molecule has 2 N–H and O–H groups in total. The summed E-state index contributed by atoms with van der Waals surface area (Å²) in [6, 6.07) is 8.47. The van der Waals surface area contributed by atoms with Gasteiger partial charge in [-0.05, 0) is 68.3 Å². The van der Waals surface area contributed by atoms with Gasteiger partial charge in [-0.1, -0.05) is 17.7 Å². The minimum absolute atomic E-state index is 0.00939. The molecular weight excluding hydrogens is 571 g/mol. The monoisotopic (exact) mass is 606 g/mol. The summed E-state index contributed by atoms with van der Waals surface area (Å²) in [4.78, 5) is 26.8. The second-order valence-corrected chi connectivity index (χ2v) is 12.6. The van der Waals surface area contributed by atoms with Crippen molar-refractivity contribution in [1.29, 1.82) is 0 Å². The molecule has 8 rings (SSSR count). The SMILES string of the molecule is CN1CC2C(CCOc3cc4ncnc(Nc5ccc(F)c(Cl)c5)c4cc3NC(=O)/C=C/CN3CC4CCC3CO4)[C@H]2C1. The van der Waals surface area contributed by atoms with Gasteiger partial charge in [0.1, 0.15) is 23.7 Å². The van der Waals surface area contributed by atoms with Gasteiger partial charge in [-0.2, -0.15) is 0 Å². The van der Waals surface area contributed by atoms with Gasteiger partial charge in [0.15, 0.2) is 0 Å². The van der Waals surface area contributed by atoms with Crippen LogP contribution in [-0.4, -0.2) is 84.3 Å². The number of piperidine rings is 2. The summed E-state index contributed by atoms with van der Waals surface area (Å²) < 4.78 is 25.8. The minimum Gasteiger partial charge on any atom is -0.491 e. The number of halogens is 2. The Kier molecular flexibility index (Phi) is 7.94. The zero-order valence-corrected chi connectivity index (χ0v) is 24.9. The van der Waals surface area contributed by atoms with E-state index >= 15 is 0 Å². The van der Waals surface area contributed by atoms with Gasteiger partial charge in [0.05, 0.1) is 35.5 Å². The van der Waals surface area contributed by atoms with E-state index in [1.807, 2.05) is 18.2 Å². The van der Waals surface area contributed by atoms with E-state index in [-0.39, 0.29) is 10.9 Å². The topological polar surface area (TPSA) is 91.8 Å². The average Bonchev–Trinajstić information content (AvgIpc) is 3.46. The Morgan fingerprint density at radius 1 is 1.19 bits per heavy atom. The van der Waals surface area contributed by atoms with Crippen molar-refractivity contribution in [2.75, 3.05) is 57.1 Å². The summed E-state index contributed by atoms with van der Waals surface area (Å²) in [6.07, 6.45) is 8.50. The summed E-state index contributed by atoms with van der Waals surface area (Å²) >= 11 is 5.99. The summed E-state index contributed by atoms with van der Waals surface area (Å²) in [7, 11) is 2.18. The number of ether oxygens (including phenoxy) is 2. The number of carbonyl (C=O) groups excluding carboxylic acids is 1. The van der Waals surface area contributed by atoms with Crippen molar-refractivity contribution >= 4 is 45.6 Å². The molecule has 9 nitrogen and oxygen atoms in total. The highest BCUT2D eigenvalue weighted by Gasteiger charge is 2.53. The molecule has 5 heterocycles. The fourth-order valence-electron chi connectivity index (χ4n) is 7.03. The van der Waals surface area contributed by atoms with Crippen LogP contribution in [0.5, 0.6) is 5.75 Å². The molecule has 1 aromatic heterocycles. The van der Waals surface area contributed by atoms with E-state index < -0.39 is 5.82 Å². The lowest BCUT2D eigenvalue weighted by atomic mass is 9.97. The number of nitrogens with one attached hydrogen (secondary N) is 2. The van der Waals surface area contributed by atoms with Gasteiger partial charge in [-0.25, -0.2) is 14.4 Å². The molecule has 2 bridgehead atoms. The van der Waals surface area contributed by atoms with Crippen LogP contribution in [0.4, 0.5) is 21.6 Å². The number of amides is 1. The number of hydrogen-bond donors (Lipinski definition) is 2. The number of fused-ring (bicyclic) bond motifs is 5. The van der Waals surface area contributed by atoms with Crippen molar-refractivity contribution in [2.24, 2.45) is 17.8 Å². The minimum atomic E-state index is -0.498. The van der Waals surface area contributed by atoms with E-state index in [1.165, 1.54) is 18.5 Å².